The Kier molecular flexibility index (Phi) is 6.78. The normalized spacial score (nSPS) is 13.2. The zero-order chi connectivity index (χ0) is 12.7. The number of ether oxygens (including phenoxy) is 1. The number of nitrogens with one attached hydrogen (secondary N) is 1. The Labute approximate surface area is 109 Å². The van der Waals surface area contributed by atoms with Crippen molar-refractivity contribution in [2.24, 2.45) is 0 Å². The van der Waals surface area contributed by atoms with Crippen LogP contribution in [0.25, 0.3) is 0 Å². The molecule has 0 aromatic carbocycles. The summed E-state index contributed by atoms with van der Waals surface area (Å²) in [5, 5.41) is 3.50. The molecule has 0 saturated carbocycles. The van der Waals surface area contributed by atoms with Crippen LogP contribution in [0.1, 0.15) is 37.4 Å². The molecule has 1 heterocycles. The topological polar surface area (TPSA) is 21.3 Å². The lowest BCUT2D eigenvalue weighted by molar-refractivity contribution is 0.0617. The molecule has 1 aromatic rings. The first-order valence-electron chi connectivity index (χ1n) is 6.58. The minimum absolute atomic E-state index is 0.311. The molecule has 0 aliphatic heterocycles. The van der Waals surface area contributed by atoms with Gasteiger partial charge in [0.15, 0.2) is 0 Å². The third-order valence-electron chi connectivity index (χ3n) is 2.64. The summed E-state index contributed by atoms with van der Waals surface area (Å²) in [5.74, 6) is 0. The lowest BCUT2D eigenvalue weighted by Gasteiger charge is -2.18. The van der Waals surface area contributed by atoms with Gasteiger partial charge in [-0.25, -0.2) is 0 Å². The highest BCUT2D eigenvalue weighted by molar-refractivity contribution is 7.11. The van der Waals surface area contributed by atoms with E-state index in [2.05, 4.69) is 45.1 Å². The van der Waals surface area contributed by atoms with E-state index >= 15 is 0 Å². The average Bonchev–Trinajstić information content (AvgIpc) is 2.74. The predicted octanol–water partition coefficient (Wildman–Crippen LogP) is 3.26. The molecular formula is C14H25NOS. The number of rotatable bonds is 8. The molecule has 0 saturated heterocycles. The van der Waals surface area contributed by atoms with Gasteiger partial charge in [-0.05, 0) is 45.4 Å². The summed E-state index contributed by atoms with van der Waals surface area (Å²) in [5.41, 5.74) is 0. The maximum absolute atomic E-state index is 5.70. The first kappa shape index (κ1) is 14.7. The Morgan fingerprint density at radius 3 is 2.47 bits per heavy atom. The molecule has 0 aliphatic rings. The molecule has 0 amide bonds. The molecule has 1 rings (SSSR count). The van der Waals surface area contributed by atoms with Crippen LogP contribution in [0.4, 0.5) is 0 Å². The second-order valence-electron chi connectivity index (χ2n) is 4.56. The summed E-state index contributed by atoms with van der Waals surface area (Å²) in [6.45, 7) is 10.3. The van der Waals surface area contributed by atoms with Gasteiger partial charge in [0, 0.05) is 15.8 Å². The number of thiophene rings is 1. The molecule has 17 heavy (non-hydrogen) atoms. The van der Waals surface area contributed by atoms with Crippen LogP contribution < -0.4 is 5.32 Å². The Bertz CT molecular complexity index is 309. The maximum atomic E-state index is 5.70. The van der Waals surface area contributed by atoms with Gasteiger partial charge in [0.1, 0.15) is 0 Å². The smallest absolute Gasteiger partial charge is 0.0626 e. The van der Waals surface area contributed by atoms with Crippen molar-refractivity contribution in [3.63, 3.8) is 0 Å². The van der Waals surface area contributed by atoms with Crippen LogP contribution in [0, 0.1) is 0 Å². The fraction of sp³-hybridized carbons (Fsp3) is 0.714. The number of aryl methyl sites for hydroxylation is 1. The predicted molar refractivity (Wildman–Crippen MR) is 76.0 cm³/mol. The average molecular weight is 255 g/mol. The van der Waals surface area contributed by atoms with E-state index in [0.29, 0.717) is 12.1 Å². The number of hydrogen-bond donors (Lipinski definition) is 1. The fourth-order valence-corrected chi connectivity index (χ4v) is 2.79. The van der Waals surface area contributed by atoms with Gasteiger partial charge in [-0.15, -0.1) is 11.3 Å². The van der Waals surface area contributed by atoms with Crippen molar-refractivity contribution in [1.82, 2.24) is 5.32 Å². The van der Waals surface area contributed by atoms with E-state index in [9.17, 15) is 0 Å². The van der Waals surface area contributed by atoms with Gasteiger partial charge < -0.3 is 10.1 Å². The van der Waals surface area contributed by atoms with Gasteiger partial charge in [0.05, 0.1) is 12.7 Å². The Morgan fingerprint density at radius 1 is 1.24 bits per heavy atom. The Hall–Kier alpha value is -0.380. The van der Waals surface area contributed by atoms with Crippen molar-refractivity contribution < 1.29 is 4.74 Å². The molecule has 3 heteroatoms. The van der Waals surface area contributed by atoms with Gasteiger partial charge >= 0.3 is 0 Å². The van der Waals surface area contributed by atoms with E-state index in [1.807, 2.05) is 11.3 Å². The third-order valence-corrected chi connectivity index (χ3v) is 3.89. The highest BCUT2D eigenvalue weighted by Gasteiger charge is 2.11. The Balaban J connectivity index is 2.47. The zero-order valence-electron chi connectivity index (χ0n) is 11.5. The summed E-state index contributed by atoms with van der Waals surface area (Å²) < 4.78 is 5.70. The van der Waals surface area contributed by atoms with E-state index in [1.165, 1.54) is 9.75 Å². The van der Waals surface area contributed by atoms with Crippen molar-refractivity contribution in [2.45, 2.75) is 52.7 Å². The Morgan fingerprint density at radius 2 is 1.94 bits per heavy atom. The molecule has 0 spiro atoms. The minimum Gasteiger partial charge on any atom is -0.377 e. The third kappa shape index (κ3) is 5.66. The van der Waals surface area contributed by atoms with Gasteiger partial charge in [-0.1, -0.05) is 13.8 Å². The molecular weight excluding hydrogens is 230 g/mol. The molecule has 0 fully saturated rings. The lowest BCUT2D eigenvalue weighted by atomic mass is 10.2. The summed E-state index contributed by atoms with van der Waals surface area (Å²) in [6.07, 6.45) is 2.52. The van der Waals surface area contributed by atoms with Gasteiger partial charge in [0.25, 0.3) is 0 Å². The second-order valence-corrected chi connectivity index (χ2v) is 5.82. The van der Waals surface area contributed by atoms with E-state index < -0.39 is 0 Å². The standard InChI is InChI=1S/C14H25NOS/c1-5-13-7-8-14(17-13)9-12(15-6-2)10-16-11(3)4/h7-8,11-12,15H,5-6,9-10H2,1-4H3. The summed E-state index contributed by atoms with van der Waals surface area (Å²) in [6, 6.07) is 4.93. The molecule has 2 nitrogen and oxygen atoms in total. The van der Waals surface area contributed by atoms with Crippen LogP contribution in [0.15, 0.2) is 12.1 Å². The monoisotopic (exact) mass is 255 g/mol. The summed E-state index contributed by atoms with van der Waals surface area (Å²) in [7, 11) is 0. The molecule has 0 radical (unpaired) electrons. The molecule has 98 valence electrons. The summed E-state index contributed by atoms with van der Waals surface area (Å²) >= 11 is 1.93. The number of hydrogen-bond acceptors (Lipinski definition) is 3. The van der Waals surface area contributed by atoms with Crippen LogP contribution in [0.2, 0.25) is 0 Å². The van der Waals surface area contributed by atoms with Crippen molar-refractivity contribution in [3.05, 3.63) is 21.9 Å². The molecule has 1 aromatic heterocycles. The van der Waals surface area contributed by atoms with E-state index in [4.69, 9.17) is 4.74 Å². The minimum atomic E-state index is 0.311. The van der Waals surface area contributed by atoms with E-state index in [1.54, 1.807) is 0 Å². The van der Waals surface area contributed by atoms with Crippen LogP contribution in [-0.2, 0) is 17.6 Å². The fourth-order valence-electron chi connectivity index (χ4n) is 1.75. The van der Waals surface area contributed by atoms with Crippen molar-refractivity contribution in [3.8, 4) is 0 Å². The molecule has 1 unspecified atom stereocenters. The SMILES string of the molecule is CCNC(COC(C)C)Cc1ccc(CC)s1. The van der Waals surface area contributed by atoms with Crippen LogP contribution in [-0.4, -0.2) is 25.3 Å². The zero-order valence-corrected chi connectivity index (χ0v) is 12.3. The first-order chi connectivity index (χ1) is 8.15. The molecule has 0 bridgehead atoms. The lowest BCUT2D eigenvalue weighted by Crippen LogP contribution is -2.35. The second kappa shape index (κ2) is 7.85. The van der Waals surface area contributed by atoms with Crippen LogP contribution in [0.5, 0.6) is 0 Å². The van der Waals surface area contributed by atoms with E-state index in [-0.39, 0.29) is 0 Å². The summed E-state index contributed by atoms with van der Waals surface area (Å²) in [4.78, 5) is 2.93. The quantitative estimate of drug-likeness (QED) is 0.770. The number of likely N-dealkylation sites (N-methyl/N-ethyl adjacent to an activating group) is 1. The van der Waals surface area contributed by atoms with Crippen LogP contribution >= 0.6 is 11.3 Å². The molecule has 1 atom stereocenters. The van der Waals surface area contributed by atoms with Crippen molar-refractivity contribution >= 4 is 11.3 Å². The van der Waals surface area contributed by atoms with Gasteiger partial charge in [-0.3, -0.25) is 0 Å². The maximum Gasteiger partial charge on any atom is 0.0626 e. The van der Waals surface area contributed by atoms with Crippen LogP contribution in [0.3, 0.4) is 0 Å². The largest absolute Gasteiger partial charge is 0.377 e. The van der Waals surface area contributed by atoms with Crippen molar-refractivity contribution in [1.29, 1.82) is 0 Å². The highest BCUT2D eigenvalue weighted by Crippen LogP contribution is 2.18. The van der Waals surface area contributed by atoms with E-state index in [0.717, 1.165) is 26.0 Å². The van der Waals surface area contributed by atoms with Gasteiger partial charge in [-0.2, -0.15) is 0 Å². The molecule has 0 aliphatic carbocycles. The van der Waals surface area contributed by atoms with Crippen molar-refractivity contribution in [2.75, 3.05) is 13.2 Å². The first-order valence-corrected chi connectivity index (χ1v) is 7.39. The highest BCUT2D eigenvalue weighted by atomic mass is 32.1. The van der Waals surface area contributed by atoms with Gasteiger partial charge in [0.2, 0.25) is 0 Å². The molecule has 1 N–H and O–H groups in total.